The van der Waals surface area contributed by atoms with Gasteiger partial charge in [-0.15, -0.1) is 0 Å². The predicted molar refractivity (Wildman–Crippen MR) is 118 cm³/mol. The van der Waals surface area contributed by atoms with Crippen LogP contribution in [0.25, 0.3) is 6.08 Å². The highest BCUT2D eigenvalue weighted by Gasteiger charge is 2.33. The van der Waals surface area contributed by atoms with E-state index in [2.05, 4.69) is 18.7 Å². The number of hydrogen-bond acceptors (Lipinski definition) is 5. The molecule has 3 rings (SSSR count). The fourth-order valence-corrected chi connectivity index (χ4v) is 4.92. The van der Waals surface area contributed by atoms with Crippen molar-refractivity contribution in [3.8, 4) is 0 Å². The molecule has 1 amide bonds. The molecule has 27 heavy (non-hydrogen) atoms. The Bertz CT molecular complexity index is 692. The Hall–Kier alpha value is -1.27. The van der Waals surface area contributed by atoms with E-state index in [1.807, 2.05) is 18.2 Å². The molecule has 0 saturated carbocycles. The lowest BCUT2D eigenvalue weighted by Crippen LogP contribution is -2.33. The second-order valence-electron chi connectivity index (χ2n) is 7.43. The van der Waals surface area contributed by atoms with E-state index >= 15 is 0 Å². The van der Waals surface area contributed by atoms with Crippen LogP contribution in [0.1, 0.15) is 64.6 Å². The molecular formula is C21H30N2O2S2. The number of nitrogens with zero attached hydrogens (tertiary/aromatic N) is 2. The van der Waals surface area contributed by atoms with Crippen molar-refractivity contribution in [3.63, 3.8) is 0 Å². The quantitative estimate of drug-likeness (QED) is 0.409. The number of thioether (sulfide) groups is 1. The average molecular weight is 407 g/mol. The summed E-state index contributed by atoms with van der Waals surface area (Å²) in [5, 5.41) is 0. The average Bonchev–Trinajstić information content (AvgIpc) is 3.25. The molecule has 1 unspecified atom stereocenters. The highest BCUT2D eigenvalue weighted by atomic mass is 32.2. The van der Waals surface area contributed by atoms with Crippen molar-refractivity contribution in [1.82, 2.24) is 4.90 Å². The Balaban J connectivity index is 1.66. The van der Waals surface area contributed by atoms with Gasteiger partial charge in [-0.3, -0.25) is 9.69 Å². The topological polar surface area (TPSA) is 36.7 Å². The molecule has 0 aromatic carbocycles. The first-order valence-corrected chi connectivity index (χ1v) is 11.4. The summed E-state index contributed by atoms with van der Waals surface area (Å²) in [4.78, 5) is 17.6. The largest absolute Gasteiger partial charge is 0.441 e. The number of rotatable bonds is 8. The van der Waals surface area contributed by atoms with Crippen molar-refractivity contribution < 1.29 is 9.21 Å². The number of furan rings is 1. The molecule has 6 heteroatoms. The van der Waals surface area contributed by atoms with Crippen LogP contribution in [0.4, 0.5) is 5.88 Å². The van der Waals surface area contributed by atoms with Crippen molar-refractivity contribution in [2.24, 2.45) is 5.92 Å². The molecule has 1 aromatic rings. The van der Waals surface area contributed by atoms with Crippen LogP contribution in [-0.4, -0.2) is 34.8 Å². The van der Waals surface area contributed by atoms with E-state index in [-0.39, 0.29) is 5.91 Å². The third kappa shape index (κ3) is 5.17. The molecule has 2 aliphatic heterocycles. The molecule has 0 radical (unpaired) electrons. The highest BCUT2D eigenvalue weighted by Crippen LogP contribution is 2.34. The lowest BCUT2D eigenvalue weighted by molar-refractivity contribution is -0.122. The molecule has 3 heterocycles. The molecule has 1 aromatic heterocycles. The molecule has 1 atom stereocenters. The normalized spacial score (nSPS) is 20.7. The van der Waals surface area contributed by atoms with Gasteiger partial charge in [-0.25, -0.2) is 0 Å². The number of carbonyl (C=O) groups excluding carboxylic acids is 1. The van der Waals surface area contributed by atoms with E-state index < -0.39 is 0 Å². The van der Waals surface area contributed by atoms with Crippen LogP contribution >= 0.6 is 24.0 Å². The Morgan fingerprint density at radius 2 is 2.04 bits per heavy atom. The number of carbonyl (C=O) groups is 1. The summed E-state index contributed by atoms with van der Waals surface area (Å²) in [6, 6.07) is 3.96. The molecule has 2 saturated heterocycles. The van der Waals surface area contributed by atoms with E-state index in [0.29, 0.717) is 15.1 Å². The monoisotopic (exact) mass is 406 g/mol. The van der Waals surface area contributed by atoms with Gasteiger partial charge in [-0.1, -0.05) is 57.1 Å². The van der Waals surface area contributed by atoms with Gasteiger partial charge in [0, 0.05) is 31.8 Å². The fraction of sp³-hybridized carbons (Fsp3) is 0.619. The first kappa shape index (κ1) is 20.5. The van der Waals surface area contributed by atoms with E-state index in [9.17, 15) is 4.79 Å². The maximum atomic E-state index is 12.9. The van der Waals surface area contributed by atoms with Gasteiger partial charge in [-0.2, -0.15) is 0 Å². The number of anilines is 1. The van der Waals surface area contributed by atoms with Gasteiger partial charge in [0.05, 0.1) is 4.91 Å². The second kappa shape index (κ2) is 9.78. The van der Waals surface area contributed by atoms with Gasteiger partial charge in [0.1, 0.15) is 10.1 Å². The molecule has 2 aliphatic rings. The van der Waals surface area contributed by atoms with Crippen LogP contribution in [-0.2, 0) is 4.79 Å². The van der Waals surface area contributed by atoms with Gasteiger partial charge >= 0.3 is 0 Å². The maximum absolute atomic E-state index is 12.9. The number of piperidine rings is 1. The van der Waals surface area contributed by atoms with Crippen molar-refractivity contribution >= 4 is 46.2 Å². The zero-order chi connectivity index (χ0) is 19.2. The molecule has 0 spiro atoms. The van der Waals surface area contributed by atoms with Gasteiger partial charge in [0.25, 0.3) is 5.91 Å². The summed E-state index contributed by atoms with van der Waals surface area (Å²) in [5.41, 5.74) is 0. The maximum Gasteiger partial charge on any atom is 0.266 e. The Morgan fingerprint density at radius 3 is 2.74 bits per heavy atom. The van der Waals surface area contributed by atoms with Crippen LogP contribution in [0.2, 0.25) is 0 Å². The first-order valence-electron chi connectivity index (χ1n) is 10.2. The van der Waals surface area contributed by atoms with Crippen molar-refractivity contribution in [2.75, 3.05) is 24.5 Å². The highest BCUT2D eigenvalue weighted by molar-refractivity contribution is 8.26. The van der Waals surface area contributed by atoms with E-state index in [1.54, 1.807) is 4.90 Å². The lowest BCUT2D eigenvalue weighted by atomic mass is 9.99. The fourth-order valence-electron chi connectivity index (χ4n) is 3.67. The van der Waals surface area contributed by atoms with Gasteiger partial charge in [-0.05, 0) is 37.7 Å². The molecule has 4 nitrogen and oxygen atoms in total. The molecule has 2 fully saturated rings. The lowest BCUT2D eigenvalue weighted by Gasteiger charge is -2.25. The van der Waals surface area contributed by atoms with E-state index in [4.69, 9.17) is 16.6 Å². The Morgan fingerprint density at radius 1 is 1.26 bits per heavy atom. The molecule has 0 bridgehead atoms. The van der Waals surface area contributed by atoms with Gasteiger partial charge in [0.2, 0.25) is 0 Å². The van der Waals surface area contributed by atoms with E-state index in [0.717, 1.165) is 44.1 Å². The van der Waals surface area contributed by atoms with Crippen LogP contribution in [0.15, 0.2) is 21.5 Å². The summed E-state index contributed by atoms with van der Waals surface area (Å²) in [6.07, 6.45) is 10.2. The molecule has 0 aliphatic carbocycles. The Kier molecular flexibility index (Phi) is 7.41. The third-order valence-corrected chi connectivity index (χ3v) is 6.79. The third-order valence-electron chi connectivity index (χ3n) is 5.41. The zero-order valence-corrected chi connectivity index (χ0v) is 18.0. The standard InChI is InChI=1S/C21H30N2O2S2/c1-3-5-9-16(4-2)15-23-20(24)18(27-21(23)26)14-17-10-11-19(25-17)22-12-7-6-8-13-22/h10-11,14,16H,3-9,12-13,15H2,1-2H3/b18-14-. The Labute approximate surface area is 172 Å². The summed E-state index contributed by atoms with van der Waals surface area (Å²) >= 11 is 6.88. The molecule has 148 valence electrons. The minimum Gasteiger partial charge on any atom is -0.441 e. The SMILES string of the molecule is CCCCC(CC)CN1C(=O)/C(=C/c2ccc(N3CCCCC3)o2)SC1=S. The summed E-state index contributed by atoms with van der Waals surface area (Å²) < 4.78 is 6.65. The van der Waals surface area contributed by atoms with Crippen LogP contribution in [0, 0.1) is 5.92 Å². The van der Waals surface area contributed by atoms with Crippen molar-refractivity contribution in [3.05, 3.63) is 22.8 Å². The van der Waals surface area contributed by atoms with Crippen LogP contribution in [0.3, 0.4) is 0 Å². The zero-order valence-electron chi connectivity index (χ0n) is 16.4. The summed E-state index contributed by atoms with van der Waals surface area (Å²) in [6.45, 7) is 7.22. The number of unbranched alkanes of at least 4 members (excludes halogenated alkanes) is 1. The minimum absolute atomic E-state index is 0.0240. The predicted octanol–water partition coefficient (Wildman–Crippen LogP) is 5.69. The minimum atomic E-state index is 0.0240. The van der Waals surface area contributed by atoms with Gasteiger partial charge < -0.3 is 9.32 Å². The first-order chi connectivity index (χ1) is 13.1. The summed E-state index contributed by atoms with van der Waals surface area (Å²) in [5.74, 6) is 2.17. The van der Waals surface area contributed by atoms with E-state index in [1.165, 1.54) is 43.9 Å². The van der Waals surface area contributed by atoms with Crippen molar-refractivity contribution in [2.45, 2.75) is 58.8 Å². The number of amides is 1. The van der Waals surface area contributed by atoms with Crippen LogP contribution < -0.4 is 4.90 Å². The summed E-state index contributed by atoms with van der Waals surface area (Å²) in [7, 11) is 0. The number of thiocarbonyl (C=S) groups is 1. The smallest absolute Gasteiger partial charge is 0.266 e. The second-order valence-corrected chi connectivity index (χ2v) is 9.11. The number of hydrogen-bond donors (Lipinski definition) is 0. The molecular weight excluding hydrogens is 376 g/mol. The van der Waals surface area contributed by atoms with Crippen molar-refractivity contribution in [1.29, 1.82) is 0 Å². The van der Waals surface area contributed by atoms with Gasteiger partial charge in [0.15, 0.2) is 5.88 Å². The molecule has 0 N–H and O–H groups in total. The van der Waals surface area contributed by atoms with Crippen LogP contribution in [0.5, 0.6) is 0 Å².